The zero-order valence-corrected chi connectivity index (χ0v) is 15.0. The zero-order valence-electron chi connectivity index (χ0n) is 15.0. The summed E-state index contributed by atoms with van der Waals surface area (Å²) in [6, 6.07) is 13.0. The van der Waals surface area contributed by atoms with Gasteiger partial charge in [-0.3, -0.25) is 9.59 Å². The van der Waals surface area contributed by atoms with E-state index in [2.05, 4.69) is 11.4 Å². The van der Waals surface area contributed by atoms with E-state index < -0.39 is 6.04 Å². The van der Waals surface area contributed by atoms with Crippen LogP contribution in [0.15, 0.2) is 42.5 Å². The largest absolute Gasteiger partial charge is 0.493 e. The molecule has 1 atom stereocenters. The quantitative estimate of drug-likeness (QED) is 0.862. The highest BCUT2D eigenvalue weighted by Gasteiger charge is 2.32. The number of fused-ring (bicyclic) bond motifs is 1. The van der Waals surface area contributed by atoms with Crippen LogP contribution in [0.4, 0.5) is 0 Å². The molecule has 0 saturated carbocycles. The minimum Gasteiger partial charge on any atom is -0.493 e. The molecule has 2 N–H and O–H groups in total. The molecule has 2 aromatic rings. The Bertz CT molecular complexity index is 863. The second-order valence-electron chi connectivity index (χ2n) is 6.82. The predicted molar refractivity (Wildman–Crippen MR) is 101 cm³/mol. The summed E-state index contributed by atoms with van der Waals surface area (Å²) < 4.78 is 5.55. The van der Waals surface area contributed by atoms with Crippen LogP contribution >= 0.6 is 0 Å². The van der Waals surface area contributed by atoms with Gasteiger partial charge in [-0.15, -0.1) is 0 Å². The van der Waals surface area contributed by atoms with Crippen molar-refractivity contribution in [3.05, 3.63) is 53.6 Å². The molecule has 2 aromatic carbocycles. The third kappa shape index (κ3) is 3.40. The van der Waals surface area contributed by atoms with Gasteiger partial charge < -0.3 is 20.1 Å². The van der Waals surface area contributed by atoms with E-state index in [9.17, 15) is 14.7 Å². The molecule has 2 aliphatic rings. The van der Waals surface area contributed by atoms with Gasteiger partial charge in [-0.1, -0.05) is 18.2 Å². The fourth-order valence-corrected chi connectivity index (χ4v) is 3.70. The molecule has 6 nitrogen and oxygen atoms in total. The van der Waals surface area contributed by atoms with Gasteiger partial charge >= 0.3 is 0 Å². The van der Waals surface area contributed by atoms with Crippen molar-refractivity contribution in [1.29, 1.82) is 0 Å². The summed E-state index contributed by atoms with van der Waals surface area (Å²) in [5.41, 5.74) is 3.87. The second-order valence-corrected chi connectivity index (χ2v) is 6.82. The maximum atomic E-state index is 12.9. The third-order valence-electron chi connectivity index (χ3n) is 5.15. The number of aliphatic hydroxyl groups excluding tert-OH is 1. The van der Waals surface area contributed by atoms with Crippen molar-refractivity contribution in [2.75, 3.05) is 26.3 Å². The number of hydrogen-bond donors (Lipinski definition) is 2. The molecule has 4 rings (SSSR count). The number of aliphatic hydroxyl groups is 1. The lowest BCUT2D eigenvalue weighted by molar-refractivity contribution is -0.128. The highest BCUT2D eigenvalue weighted by molar-refractivity contribution is 5.98. The number of carbonyl (C=O) groups is 2. The molecule has 2 amide bonds. The van der Waals surface area contributed by atoms with Gasteiger partial charge in [-0.25, -0.2) is 0 Å². The van der Waals surface area contributed by atoms with E-state index in [0.717, 1.165) is 29.9 Å². The first kappa shape index (κ1) is 17.5. The van der Waals surface area contributed by atoms with Gasteiger partial charge in [0, 0.05) is 31.7 Å². The van der Waals surface area contributed by atoms with Crippen molar-refractivity contribution < 1.29 is 19.4 Å². The zero-order chi connectivity index (χ0) is 18.8. The first-order valence-electron chi connectivity index (χ1n) is 9.23. The maximum Gasteiger partial charge on any atom is 0.254 e. The van der Waals surface area contributed by atoms with Crippen LogP contribution < -0.4 is 10.1 Å². The van der Waals surface area contributed by atoms with Crippen molar-refractivity contribution >= 4 is 11.8 Å². The number of amides is 2. The number of piperazine rings is 1. The Morgan fingerprint density at radius 3 is 2.74 bits per heavy atom. The van der Waals surface area contributed by atoms with Gasteiger partial charge in [0.2, 0.25) is 5.91 Å². The fraction of sp³-hybridized carbons (Fsp3) is 0.333. The molecule has 140 valence electrons. The summed E-state index contributed by atoms with van der Waals surface area (Å²) in [6.07, 6.45) is 1.16. The third-order valence-corrected chi connectivity index (χ3v) is 5.15. The number of nitrogens with one attached hydrogen (secondary N) is 1. The van der Waals surface area contributed by atoms with Crippen molar-refractivity contribution in [3.63, 3.8) is 0 Å². The van der Waals surface area contributed by atoms with Crippen LogP contribution in [0.5, 0.6) is 5.75 Å². The summed E-state index contributed by atoms with van der Waals surface area (Å²) in [4.78, 5) is 26.5. The van der Waals surface area contributed by atoms with Crippen LogP contribution in [0.3, 0.4) is 0 Å². The molecule has 0 unspecified atom stereocenters. The predicted octanol–water partition coefficient (Wildman–Crippen LogP) is 1.61. The van der Waals surface area contributed by atoms with Crippen molar-refractivity contribution in [2.24, 2.45) is 0 Å². The van der Waals surface area contributed by atoms with E-state index in [1.807, 2.05) is 24.3 Å². The number of ether oxygens (including phenoxy) is 1. The Morgan fingerprint density at radius 2 is 1.96 bits per heavy atom. The van der Waals surface area contributed by atoms with Gasteiger partial charge in [0.15, 0.2) is 0 Å². The van der Waals surface area contributed by atoms with E-state index >= 15 is 0 Å². The first-order valence-corrected chi connectivity index (χ1v) is 9.23. The molecule has 0 aromatic heterocycles. The summed E-state index contributed by atoms with van der Waals surface area (Å²) in [5.74, 6) is 0.557. The molecule has 0 radical (unpaired) electrons. The molecule has 27 heavy (non-hydrogen) atoms. The number of benzene rings is 2. The fourth-order valence-electron chi connectivity index (χ4n) is 3.70. The van der Waals surface area contributed by atoms with Gasteiger partial charge in [0.05, 0.1) is 6.61 Å². The van der Waals surface area contributed by atoms with Crippen LogP contribution in [0.1, 0.15) is 22.3 Å². The summed E-state index contributed by atoms with van der Waals surface area (Å²) in [7, 11) is 0. The van der Waals surface area contributed by atoms with Gasteiger partial charge in [-0.2, -0.15) is 0 Å². The molecule has 2 heterocycles. The van der Waals surface area contributed by atoms with E-state index in [4.69, 9.17) is 4.74 Å². The standard InChI is InChI=1S/C21H22N2O4/c24-11-7-18-20(25)22-9-10-23(18)21(26)15-3-1-14(2-4-15)16-5-6-19-17(13-16)8-12-27-19/h1-6,13,18,24H,7-12H2,(H,22,25)/t18-/m1/s1. The van der Waals surface area contributed by atoms with Crippen LogP contribution in [-0.2, 0) is 11.2 Å². The van der Waals surface area contributed by atoms with Gasteiger partial charge in [0.1, 0.15) is 11.8 Å². The average molecular weight is 366 g/mol. The Hall–Kier alpha value is -2.86. The number of nitrogens with zero attached hydrogens (tertiary/aromatic N) is 1. The summed E-state index contributed by atoms with van der Waals surface area (Å²) in [6.45, 7) is 1.47. The van der Waals surface area contributed by atoms with E-state index in [-0.39, 0.29) is 24.8 Å². The monoisotopic (exact) mass is 366 g/mol. The molecular weight excluding hydrogens is 344 g/mol. The van der Waals surface area contributed by atoms with Crippen LogP contribution in [0, 0.1) is 0 Å². The normalized spacial score (nSPS) is 18.6. The highest BCUT2D eigenvalue weighted by Crippen LogP contribution is 2.30. The lowest BCUT2D eigenvalue weighted by Gasteiger charge is -2.34. The minimum atomic E-state index is -0.618. The maximum absolute atomic E-state index is 12.9. The lowest BCUT2D eigenvalue weighted by atomic mass is 10.00. The van der Waals surface area contributed by atoms with Crippen LogP contribution in [0.25, 0.3) is 11.1 Å². The summed E-state index contributed by atoms with van der Waals surface area (Å²) >= 11 is 0. The summed E-state index contributed by atoms with van der Waals surface area (Å²) in [5, 5.41) is 12.0. The van der Waals surface area contributed by atoms with Crippen molar-refractivity contribution in [1.82, 2.24) is 10.2 Å². The number of hydrogen-bond acceptors (Lipinski definition) is 4. The van der Waals surface area contributed by atoms with Crippen molar-refractivity contribution in [2.45, 2.75) is 18.9 Å². The van der Waals surface area contributed by atoms with Crippen LogP contribution in [-0.4, -0.2) is 54.2 Å². The molecule has 2 aliphatic heterocycles. The average Bonchev–Trinajstić information content (AvgIpc) is 3.17. The first-order chi connectivity index (χ1) is 13.2. The van der Waals surface area contributed by atoms with E-state index in [1.165, 1.54) is 5.56 Å². The molecular formula is C21H22N2O4. The van der Waals surface area contributed by atoms with Crippen molar-refractivity contribution in [3.8, 4) is 16.9 Å². The molecule has 1 saturated heterocycles. The topological polar surface area (TPSA) is 78.9 Å². The minimum absolute atomic E-state index is 0.136. The smallest absolute Gasteiger partial charge is 0.254 e. The molecule has 0 spiro atoms. The Labute approximate surface area is 157 Å². The van der Waals surface area contributed by atoms with Crippen LogP contribution in [0.2, 0.25) is 0 Å². The molecule has 1 fully saturated rings. The Morgan fingerprint density at radius 1 is 1.19 bits per heavy atom. The number of carbonyl (C=O) groups excluding carboxylic acids is 2. The number of rotatable bonds is 4. The van der Waals surface area contributed by atoms with Gasteiger partial charge in [0.25, 0.3) is 5.91 Å². The van der Waals surface area contributed by atoms with E-state index in [1.54, 1.807) is 17.0 Å². The Balaban J connectivity index is 1.54. The Kier molecular flexibility index (Phi) is 4.81. The molecule has 0 aliphatic carbocycles. The SMILES string of the molecule is O=C1NCCN(C(=O)c2ccc(-c3ccc4c(c3)CCO4)cc2)[C@@H]1CCO. The second kappa shape index (κ2) is 7.40. The highest BCUT2D eigenvalue weighted by atomic mass is 16.5. The van der Waals surface area contributed by atoms with Gasteiger partial charge in [-0.05, 0) is 47.4 Å². The molecule has 6 heteroatoms. The van der Waals surface area contributed by atoms with E-state index in [0.29, 0.717) is 18.7 Å². The lowest BCUT2D eigenvalue weighted by Crippen LogP contribution is -2.57. The molecule has 0 bridgehead atoms.